The molecule has 0 atom stereocenters. The van der Waals surface area contributed by atoms with Gasteiger partial charge in [-0.3, -0.25) is 18.7 Å². The summed E-state index contributed by atoms with van der Waals surface area (Å²) in [4.78, 5) is 38.5. The maximum Gasteiger partial charge on any atom is 0.328 e. The number of hydrogen-bond acceptors (Lipinski definition) is 3. The second-order valence-electron chi connectivity index (χ2n) is 5.92. The lowest BCUT2D eigenvalue weighted by atomic mass is 10.1. The molecular formula is C16H20N4O3. The van der Waals surface area contributed by atoms with Crippen molar-refractivity contribution < 1.29 is 9.59 Å². The highest BCUT2D eigenvalue weighted by molar-refractivity contribution is 5.82. The zero-order valence-corrected chi connectivity index (χ0v) is 13.4. The first-order valence-corrected chi connectivity index (χ1v) is 7.62. The van der Waals surface area contributed by atoms with Gasteiger partial charge in [-0.15, -0.1) is 0 Å². The van der Waals surface area contributed by atoms with Crippen LogP contribution in [0.15, 0.2) is 23.0 Å². The van der Waals surface area contributed by atoms with Gasteiger partial charge in [0.25, 0.3) is 0 Å². The van der Waals surface area contributed by atoms with Gasteiger partial charge in [-0.1, -0.05) is 6.07 Å². The van der Waals surface area contributed by atoms with E-state index in [1.807, 2.05) is 18.2 Å². The average molecular weight is 316 g/mol. The van der Waals surface area contributed by atoms with Gasteiger partial charge in [0.1, 0.15) is 0 Å². The highest BCUT2D eigenvalue weighted by atomic mass is 16.2. The molecule has 7 nitrogen and oxygen atoms in total. The van der Waals surface area contributed by atoms with Crippen LogP contribution in [-0.4, -0.2) is 57.4 Å². The summed E-state index contributed by atoms with van der Waals surface area (Å²) >= 11 is 0. The Labute approximate surface area is 133 Å². The first-order valence-electron chi connectivity index (χ1n) is 7.62. The predicted octanol–water partition coefficient (Wildman–Crippen LogP) is -0.280. The topological polar surface area (TPSA) is 67.6 Å². The van der Waals surface area contributed by atoms with Gasteiger partial charge in [-0.05, 0) is 17.7 Å². The summed E-state index contributed by atoms with van der Waals surface area (Å²) in [6.45, 7) is 2.32. The van der Waals surface area contributed by atoms with Crippen molar-refractivity contribution in [3.05, 3.63) is 34.2 Å². The molecule has 0 aliphatic carbocycles. The molecule has 2 heterocycles. The van der Waals surface area contributed by atoms with Crippen molar-refractivity contribution in [2.24, 2.45) is 14.1 Å². The van der Waals surface area contributed by atoms with Crippen molar-refractivity contribution in [3.63, 3.8) is 0 Å². The summed E-state index contributed by atoms with van der Waals surface area (Å²) in [6.07, 6.45) is 1.13. The van der Waals surface area contributed by atoms with E-state index in [4.69, 9.17) is 0 Å². The lowest BCUT2D eigenvalue weighted by Gasteiger charge is -2.32. The van der Waals surface area contributed by atoms with Crippen molar-refractivity contribution in [2.45, 2.75) is 6.42 Å². The number of aromatic nitrogens is 2. The minimum Gasteiger partial charge on any atom is -0.342 e. The van der Waals surface area contributed by atoms with Gasteiger partial charge in [0.2, 0.25) is 12.3 Å². The molecule has 1 aromatic heterocycles. The van der Waals surface area contributed by atoms with Crippen molar-refractivity contribution in [2.75, 3.05) is 26.2 Å². The van der Waals surface area contributed by atoms with Crippen LogP contribution in [0.2, 0.25) is 0 Å². The van der Waals surface area contributed by atoms with Gasteiger partial charge < -0.3 is 9.80 Å². The number of carbonyl (C=O) groups excluding carboxylic acids is 2. The zero-order chi connectivity index (χ0) is 16.6. The molecular weight excluding hydrogens is 296 g/mol. The Morgan fingerprint density at radius 1 is 1.09 bits per heavy atom. The Balaban J connectivity index is 1.76. The Bertz CT molecular complexity index is 813. The van der Waals surface area contributed by atoms with Crippen LogP contribution < -0.4 is 5.69 Å². The molecule has 0 unspecified atom stereocenters. The molecule has 122 valence electrons. The third-order valence-electron chi connectivity index (χ3n) is 4.51. The normalized spacial score (nSPS) is 15.2. The van der Waals surface area contributed by atoms with Gasteiger partial charge in [0.15, 0.2) is 0 Å². The Morgan fingerprint density at radius 3 is 2.39 bits per heavy atom. The van der Waals surface area contributed by atoms with Crippen LogP contribution in [0.3, 0.4) is 0 Å². The number of hydrogen-bond donors (Lipinski definition) is 0. The van der Waals surface area contributed by atoms with E-state index >= 15 is 0 Å². The zero-order valence-electron chi connectivity index (χ0n) is 13.4. The molecule has 1 aromatic carbocycles. The summed E-state index contributed by atoms with van der Waals surface area (Å²) in [5.74, 6) is 0.0517. The Hall–Kier alpha value is -2.57. The number of rotatable bonds is 3. The van der Waals surface area contributed by atoms with Gasteiger partial charge >= 0.3 is 5.69 Å². The van der Waals surface area contributed by atoms with Crippen LogP contribution in [0, 0.1) is 0 Å². The monoisotopic (exact) mass is 316 g/mol. The number of nitrogens with zero attached hydrogens (tertiary/aromatic N) is 4. The summed E-state index contributed by atoms with van der Waals surface area (Å²) in [5.41, 5.74) is 2.50. The van der Waals surface area contributed by atoms with Crippen LogP contribution in [0.1, 0.15) is 5.56 Å². The molecule has 0 saturated carbocycles. The number of carbonyl (C=O) groups is 2. The van der Waals surface area contributed by atoms with Gasteiger partial charge in [0.05, 0.1) is 17.5 Å². The number of amides is 2. The van der Waals surface area contributed by atoms with E-state index in [1.54, 1.807) is 33.0 Å². The molecule has 23 heavy (non-hydrogen) atoms. The van der Waals surface area contributed by atoms with E-state index in [0.29, 0.717) is 32.6 Å². The Morgan fingerprint density at radius 2 is 1.74 bits per heavy atom. The van der Waals surface area contributed by atoms with E-state index < -0.39 is 0 Å². The van der Waals surface area contributed by atoms with Crippen molar-refractivity contribution in [1.82, 2.24) is 18.9 Å². The molecule has 3 rings (SSSR count). The maximum absolute atomic E-state index is 12.4. The number of benzene rings is 1. The summed E-state index contributed by atoms with van der Waals surface area (Å²) < 4.78 is 3.19. The van der Waals surface area contributed by atoms with E-state index in [1.165, 1.54) is 0 Å². The largest absolute Gasteiger partial charge is 0.342 e. The van der Waals surface area contributed by atoms with Crippen LogP contribution in [0.4, 0.5) is 0 Å². The number of fused-ring (bicyclic) bond motifs is 1. The molecule has 1 saturated heterocycles. The van der Waals surface area contributed by atoms with Crippen LogP contribution in [0.25, 0.3) is 11.0 Å². The summed E-state index contributed by atoms with van der Waals surface area (Å²) in [5, 5.41) is 0. The quantitative estimate of drug-likeness (QED) is 0.732. The molecule has 2 aromatic rings. The lowest BCUT2D eigenvalue weighted by molar-refractivity contribution is -0.134. The minimum absolute atomic E-state index is 0.0517. The maximum atomic E-state index is 12.4. The van der Waals surface area contributed by atoms with Crippen LogP contribution in [0.5, 0.6) is 0 Å². The lowest BCUT2D eigenvalue weighted by Crippen LogP contribution is -2.48. The molecule has 1 aliphatic heterocycles. The first kappa shape index (κ1) is 15.3. The van der Waals surface area contributed by atoms with Gasteiger partial charge in [-0.25, -0.2) is 4.79 Å². The standard InChI is InChI=1S/C16H20N4O3/c1-17-13-4-3-12(9-14(13)18(2)16(17)23)10-15(22)20-7-5-19(11-21)6-8-20/h3-4,9,11H,5-8,10H2,1-2H3. The van der Waals surface area contributed by atoms with Crippen LogP contribution in [-0.2, 0) is 30.1 Å². The van der Waals surface area contributed by atoms with E-state index in [-0.39, 0.29) is 11.6 Å². The van der Waals surface area contributed by atoms with E-state index in [2.05, 4.69) is 0 Å². The number of imidazole rings is 1. The Kier molecular flexibility index (Phi) is 3.94. The molecule has 0 N–H and O–H groups in total. The van der Waals surface area contributed by atoms with Crippen molar-refractivity contribution in [1.29, 1.82) is 0 Å². The molecule has 2 amide bonds. The molecule has 1 aliphatic rings. The highest BCUT2D eigenvalue weighted by Gasteiger charge is 2.20. The van der Waals surface area contributed by atoms with Crippen LogP contribution >= 0.6 is 0 Å². The summed E-state index contributed by atoms with van der Waals surface area (Å²) in [7, 11) is 3.47. The van der Waals surface area contributed by atoms with E-state index in [0.717, 1.165) is 23.0 Å². The van der Waals surface area contributed by atoms with E-state index in [9.17, 15) is 14.4 Å². The number of aryl methyl sites for hydroxylation is 2. The fourth-order valence-electron chi connectivity index (χ4n) is 3.03. The third-order valence-corrected chi connectivity index (χ3v) is 4.51. The van der Waals surface area contributed by atoms with Gasteiger partial charge in [0, 0.05) is 40.3 Å². The second-order valence-corrected chi connectivity index (χ2v) is 5.92. The molecule has 0 spiro atoms. The fraction of sp³-hybridized carbons (Fsp3) is 0.438. The smallest absolute Gasteiger partial charge is 0.328 e. The fourth-order valence-corrected chi connectivity index (χ4v) is 3.03. The predicted molar refractivity (Wildman–Crippen MR) is 86.1 cm³/mol. The van der Waals surface area contributed by atoms with Gasteiger partial charge in [-0.2, -0.15) is 0 Å². The molecule has 1 fully saturated rings. The first-order chi connectivity index (χ1) is 11.0. The summed E-state index contributed by atoms with van der Waals surface area (Å²) in [6, 6.07) is 5.67. The molecule has 7 heteroatoms. The van der Waals surface area contributed by atoms with Crippen molar-refractivity contribution in [3.8, 4) is 0 Å². The minimum atomic E-state index is -0.0755. The average Bonchev–Trinajstić information content (AvgIpc) is 2.79. The second kappa shape index (κ2) is 5.91. The SMILES string of the molecule is Cn1c(=O)n(C)c2cc(CC(=O)N3CCN(C=O)CC3)ccc21. The third kappa shape index (κ3) is 2.74. The number of piperazine rings is 1. The molecule has 0 bridgehead atoms. The van der Waals surface area contributed by atoms with Crippen molar-refractivity contribution >= 4 is 23.4 Å². The molecule has 0 radical (unpaired) electrons. The highest BCUT2D eigenvalue weighted by Crippen LogP contribution is 2.15.